The van der Waals surface area contributed by atoms with Crippen molar-refractivity contribution in [2.45, 2.75) is 19.4 Å². The Hall–Kier alpha value is -0.830. The van der Waals surface area contributed by atoms with Gasteiger partial charge in [-0.3, -0.25) is 0 Å². The van der Waals surface area contributed by atoms with Gasteiger partial charge in [-0.05, 0) is 35.2 Å². The van der Waals surface area contributed by atoms with Crippen molar-refractivity contribution in [2.24, 2.45) is 5.73 Å². The van der Waals surface area contributed by atoms with E-state index in [-0.39, 0.29) is 6.04 Å². The van der Waals surface area contributed by atoms with E-state index in [0.29, 0.717) is 5.02 Å². The fourth-order valence-electron chi connectivity index (χ4n) is 1.89. The van der Waals surface area contributed by atoms with Crippen molar-refractivity contribution in [1.29, 1.82) is 0 Å². The quantitative estimate of drug-likeness (QED) is 0.869. The lowest BCUT2D eigenvalue weighted by Crippen LogP contribution is -2.12. The molecule has 0 spiro atoms. The molecule has 2 aromatic rings. The molecule has 3 heteroatoms. The molecular formula is C15H15BrClN. The molecule has 1 unspecified atom stereocenters. The largest absolute Gasteiger partial charge is 0.320 e. The first kappa shape index (κ1) is 13.6. The lowest BCUT2D eigenvalue weighted by Gasteiger charge is -2.15. The number of nitrogens with two attached hydrogens (primary N) is 1. The van der Waals surface area contributed by atoms with E-state index in [0.717, 1.165) is 22.0 Å². The van der Waals surface area contributed by atoms with Crippen LogP contribution in [0.15, 0.2) is 46.9 Å². The monoisotopic (exact) mass is 323 g/mol. The number of rotatable bonds is 3. The fraction of sp³-hybridized carbons (Fsp3) is 0.200. The maximum absolute atomic E-state index is 6.29. The molecule has 0 bridgehead atoms. The first-order chi connectivity index (χ1) is 8.61. The summed E-state index contributed by atoms with van der Waals surface area (Å²) in [6, 6.07) is 14.0. The zero-order valence-corrected chi connectivity index (χ0v) is 12.5. The van der Waals surface area contributed by atoms with Gasteiger partial charge in [0.05, 0.1) is 6.04 Å². The molecule has 0 aromatic heterocycles. The number of aryl methyl sites for hydroxylation is 1. The second-order valence-corrected chi connectivity index (χ2v) is 5.53. The molecule has 2 N–H and O–H groups in total. The Morgan fingerprint density at radius 2 is 1.83 bits per heavy atom. The molecule has 0 fully saturated rings. The standard InChI is InChI=1S/C15H15BrClN/c1-2-10-3-5-11(6-4-10)15(18)13-8-7-12(17)9-14(13)16/h3-9,15H,2,18H2,1H3. The summed E-state index contributed by atoms with van der Waals surface area (Å²) in [5.74, 6) is 0. The fourth-order valence-corrected chi connectivity index (χ4v) is 2.82. The van der Waals surface area contributed by atoms with Gasteiger partial charge in [0.1, 0.15) is 0 Å². The molecule has 0 heterocycles. The van der Waals surface area contributed by atoms with Crippen molar-refractivity contribution < 1.29 is 0 Å². The van der Waals surface area contributed by atoms with Gasteiger partial charge in [-0.2, -0.15) is 0 Å². The first-order valence-corrected chi connectivity index (χ1v) is 7.08. The zero-order chi connectivity index (χ0) is 13.1. The summed E-state index contributed by atoms with van der Waals surface area (Å²) in [5, 5.41) is 0.708. The van der Waals surface area contributed by atoms with Gasteiger partial charge in [0, 0.05) is 9.50 Å². The smallest absolute Gasteiger partial charge is 0.0562 e. The first-order valence-electron chi connectivity index (χ1n) is 5.91. The minimum atomic E-state index is -0.137. The van der Waals surface area contributed by atoms with E-state index in [1.54, 1.807) is 0 Å². The van der Waals surface area contributed by atoms with Gasteiger partial charge in [-0.25, -0.2) is 0 Å². The maximum atomic E-state index is 6.29. The zero-order valence-electron chi connectivity index (χ0n) is 10.2. The maximum Gasteiger partial charge on any atom is 0.0562 e. The number of halogens is 2. The molecule has 18 heavy (non-hydrogen) atoms. The highest BCUT2D eigenvalue weighted by atomic mass is 79.9. The van der Waals surface area contributed by atoms with E-state index in [1.165, 1.54) is 5.56 Å². The van der Waals surface area contributed by atoms with Crippen molar-refractivity contribution in [2.75, 3.05) is 0 Å². The number of hydrogen-bond acceptors (Lipinski definition) is 1. The molecule has 0 aliphatic rings. The van der Waals surface area contributed by atoms with Crippen molar-refractivity contribution in [1.82, 2.24) is 0 Å². The molecule has 2 rings (SSSR count). The van der Waals surface area contributed by atoms with Gasteiger partial charge in [0.15, 0.2) is 0 Å². The molecule has 0 saturated heterocycles. The van der Waals surface area contributed by atoms with E-state index >= 15 is 0 Å². The minimum absolute atomic E-state index is 0.137. The Bertz CT molecular complexity index is 537. The Morgan fingerprint density at radius 1 is 1.17 bits per heavy atom. The average Bonchev–Trinajstić information content (AvgIpc) is 2.38. The van der Waals surface area contributed by atoms with Gasteiger partial charge < -0.3 is 5.73 Å². The van der Waals surface area contributed by atoms with Crippen LogP contribution in [0.5, 0.6) is 0 Å². The molecule has 94 valence electrons. The highest BCUT2D eigenvalue weighted by Gasteiger charge is 2.12. The third-order valence-corrected chi connectivity index (χ3v) is 3.97. The van der Waals surface area contributed by atoms with Gasteiger partial charge in [-0.15, -0.1) is 0 Å². The summed E-state index contributed by atoms with van der Waals surface area (Å²) in [5.41, 5.74) is 9.76. The molecule has 0 aliphatic carbocycles. The van der Waals surface area contributed by atoms with Crippen LogP contribution in [0.4, 0.5) is 0 Å². The topological polar surface area (TPSA) is 26.0 Å². The molecule has 0 saturated carbocycles. The Balaban J connectivity index is 2.31. The van der Waals surface area contributed by atoms with Crippen LogP contribution >= 0.6 is 27.5 Å². The molecule has 0 radical (unpaired) electrons. The van der Waals surface area contributed by atoms with E-state index < -0.39 is 0 Å². The van der Waals surface area contributed by atoms with Crippen LogP contribution in [0.2, 0.25) is 5.02 Å². The minimum Gasteiger partial charge on any atom is -0.320 e. The average molecular weight is 325 g/mol. The SMILES string of the molecule is CCc1ccc(C(N)c2ccc(Cl)cc2Br)cc1. The van der Waals surface area contributed by atoms with Crippen molar-refractivity contribution in [3.05, 3.63) is 68.7 Å². The summed E-state index contributed by atoms with van der Waals surface area (Å²) in [6.07, 6.45) is 1.04. The van der Waals surface area contributed by atoms with Crippen molar-refractivity contribution in [3.63, 3.8) is 0 Å². The number of hydrogen-bond donors (Lipinski definition) is 1. The van der Waals surface area contributed by atoms with Gasteiger partial charge in [0.25, 0.3) is 0 Å². The Kier molecular flexibility index (Phi) is 4.44. The number of benzene rings is 2. The summed E-state index contributed by atoms with van der Waals surface area (Å²) >= 11 is 9.45. The Labute approximate surface area is 121 Å². The second kappa shape index (κ2) is 5.87. The van der Waals surface area contributed by atoms with Crippen LogP contribution in [0.3, 0.4) is 0 Å². The lowest BCUT2D eigenvalue weighted by atomic mass is 9.98. The van der Waals surface area contributed by atoms with Crippen molar-refractivity contribution >= 4 is 27.5 Å². The van der Waals surface area contributed by atoms with E-state index in [1.807, 2.05) is 18.2 Å². The Morgan fingerprint density at radius 3 is 2.39 bits per heavy atom. The lowest BCUT2D eigenvalue weighted by molar-refractivity contribution is 0.864. The van der Waals surface area contributed by atoms with E-state index in [9.17, 15) is 0 Å². The molecule has 0 aliphatic heterocycles. The highest BCUT2D eigenvalue weighted by molar-refractivity contribution is 9.10. The summed E-state index contributed by atoms with van der Waals surface area (Å²) in [4.78, 5) is 0. The summed E-state index contributed by atoms with van der Waals surface area (Å²) in [6.45, 7) is 2.14. The molecular weight excluding hydrogens is 310 g/mol. The second-order valence-electron chi connectivity index (χ2n) is 4.24. The van der Waals surface area contributed by atoms with Crippen LogP contribution < -0.4 is 5.73 Å². The van der Waals surface area contributed by atoms with E-state index in [2.05, 4.69) is 47.1 Å². The van der Waals surface area contributed by atoms with Gasteiger partial charge >= 0.3 is 0 Å². The predicted molar refractivity (Wildman–Crippen MR) is 81.0 cm³/mol. The molecule has 0 amide bonds. The predicted octanol–water partition coefficient (Wildman–Crippen LogP) is 4.71. The third kappa shape index (κ3) is 2.94. The van der Waals surface area contributed by atoms with Gasteiger partial charge in [-0.1, -0.05) is 64.8 Å². The molecule has 2 aromatic carbocycles. The molecule has 1 atom stereocenters. The summed E-state index contributed by atoms with van der Waals surface area (Å²) in [7, 11) is 0. The highest BCUT2D eigenvalue weighted by Crippen LogP contribution is 2.29. The third-order valence-electron chi connectivity index (χ3n) is 3.04. The van der Waals surface area contributed by atoms with Crippen LogP contribution in [-0.4, -0.2) is 0 Å². The normalized spacial score (nSPS) is 12.4. The van der Waals surface area contributed by atoms with E-state index in [4.69, 9.17) is 17.3 Å². The molecule has 1 nitrogen and oxygen atoms in total. The van der Waals surface area contributed by atoms with Crippen LogP contribution in [0.25, 0.3) is 0 Å². The van der Waals surface area contributed by atoms with Gasteiger partial charge in [0.2, 0.25) is 0 Å². The van der Waals surface area contributed by atoms with Crippen LogP contribution in [0.1, 0.15) is 29.7 Å². The summed E-state index contributed by atoms with van der Waals surface area (Å²) < 4.78 is 0.946. The van der Waals surface area contributed by atoms with Crippen LogP contribution in [0, 0.1) is 0 Å². The van der Waals surface area contributed by atoms with Crippen LogP contribution in [-0.2, 0) is 6.42 Å². The van der Waals surface area contributed by atoms with Crippen molar-refractivity contribution in [3.8, 4) is 0 Å².